The van der Waals surface area contributed by atoms with Gasteiger partial charge in [0.2, 0.25) is 0 Å². The first-order chi connectivity index (χ1) is 13.4. The highest BCUT2D eigenvalue weighted by atomic mass is 16.7. The third kappa shape index (κ3) is 4.02. The van der Waals surface area contributed by atoms with Crippen LogP contribution in [0.2, 0.25) is 0 Å². The van der Waals surface area contributed by atoms with Gasteiger partial charge in [-0.25, -0.2) is 0 Å². The van der Waals surface area contributed by atoms with Crippen LogP contribution in [0.25, 0.3) is 0 Å². The van der Waals surface area contributed by atoms with E-state index in [1.165, 1.54) is 0 Å². The van der Waals surface area contributed by atoms with Crippen molar-refractivity contribution in [2.75, 3.05) is 6.61 Å². The molecule has 3 aliphatic rings. The first kappa shape index (κ1) is 23.1. The van der Waals surface area contributed by atoms with E-state index in [1.54, 1.807) is 0 Å². The Morgan fingerprint density at radius 1 is 1.14 bits per heavy atom. The first-order valence-electron chi connectivity index (χ1n) is 10.4. The van der Waals surface area contributed by atoms with Gasteiger partial charge in [0, 0.05) is 5.41 Å². The largest absolute Gasteiger partial charge is 0.394 e. The molecular weight excluding hydrogens is 380 g/mol. The fourth-order valence-corrected chi connectivity index (χ4v) is 5.47. The minimum absolute atomic E-state index is 0.0392. The number of hydrogen-bond donors (Lipinski definition) is 6. The Hall–Kier alpha value is -0.580. The monoisotopic (exact) mass is 416 g/mol. The SMILES string of the molecule is C=C1C[C@@H](O)[C@H](O)[C@]2(C)CC[C@@H](C(C)(C)O[C@@H]3O[C@H](CO)[C@@H](O)[C@H](O)[C@H]3O)C[C@H]12. The minimum atomic E-state index is -1.48. The van der Waals surface area contributed by atoms with Gasteiger partial charge in [0.15, 0.2) is 6.29 Å². The molecule has 0 aromatic carbocycles. The molecular formula is C21H36O8. The van der Waals surface area contributed by atoms with Gasteiger partial charge in [-0.3, -0.25) is 0 Å². The second kappa shape index (κ2) is 8.16. The summed E-state index contributed by atoms with van der Waals surface area (Å²) in [6, 6.07) is 0. The summed E-state index contributed by atoms with van der Waals surface area (Å²) in [6.07, 6.45) is -5.61. The molecule has 10 atom stereocenters. The Kier molecular flexibility index (Phi) is 6.50. The van der Waals surface area contributed by atoms with Gasteiger partial charge in [-0.15, -0.1) is 0 Å². The summed E-state index contributed by atoms with van der Waals surface area (Å²) in [7, 11) is 0. The lowest BCUT2D eigenvalue weighted by Gasteiger charge is -2.55. The maximum absolute atomic E-state index is 10.6. The lowest BCUT2D eigenvalue weighted by molar-refractivity contribution is -0.330. The number of rotatable bonds is 4. The summed E-state index contributed by atoms with van der Waals surface area (Å²) in [5, 5.41) is 60.4. The van der Waals surface area contributed by atoms with Gasteiger partial charge >= 0.3 is 0 Å². The van der Waals surface area contributed by atoms with E-state index >= 15 is 0 Å². The van der Waals surface area contributed by atoms with E-state index in [1.807, 2.05) is 20.8 Å². The molecule has 0 spiro atoms. The van der Waals surface area contributed by atoms with E-state index in [4.69, 9.17) is 9.47 Å². The minimum Gasteiger partial charge on any atom is -0.394 e. The fourth-order valence-electron chi connectivity index (χ4n) is 5.47. The van der Waals surface area contributed by atoms with Gasteiger partial charge < -0.3 is 40.1 Å². The molecule has 0 unspecified atom stereocenters. The van der Waals surface area contributed by atoms with Crippen LogP contribution in [0.4, 0.5) is 0 Å². The summed E-state index contributed by atoms with van der Waals surface area (Å²) in [5.41, 5.74) is -0.251. The smallest absolute Gasteiger partial charge is 0.187 e. The summed E-state index contributed by atoms with van der Waals surface area (Å²) in [4.78, 5) is 0. The molecule has 0 amide bonds. The molecule has 8 nitrogen and oxygen atoms in total. The highest BCUT2D eigenvalue weighted by Gasteiger charge is 2.54. The summed E-state index contributed by atoms with van der Waals surface area (Å²) in [6.45, 7) is 9.41. The van der Waals surface area contributed by atoms with Crippen molar-refractivity contribution in [2.45, 2.75) is 95.0 Å². The molecule has 3 fully saturated rings. The molecule has 0 aromatic heterocycles. The van der Waals surface area contributed by atoms with E-state index in [2.05, 4.69) is 6.58 Å². The molecule has 29 heavy (non-hydrogen) atoms. The average Bonchev–Trinajstić information content (AvgIpc) is 2.66. The Morgan fingerprint density at radius 2 is 1.79 bits per heavy atom. The third-order valence-corrected chi connectivity index (χ3v) is 7.60. The van der Waals surface area contributed by atoms with Gasteiger partial charge in [-0.2, -0.15) is 0 Å². The van der Waals surface area contributed by atoms with E-state index < -0.39 is 60.5 Å². The molecule has 2 aliphatic carbocycles. The number of aliphatic hydroxyl groups is 6. The van der Waals surface area contributed by atoms with Crippen LogP contribution in [0.5, 0.6) is 0 Å². The molecule has 1 aliphatic heterocycles. The Labute approximate surface area is 171 Å². The van der Waals surface area contributed by atoms with Crippen molar-refractivity contribution in [1.29, 1.82) is 0 Å². The fraction of sp³-hybridized carbons (Fsp3) is 0.905. The van der Waals surface area contributed by atoms with Crippen molar-refractivity contribution in [2.24, 2.45) is 17.3 Å². The van der Waals surface area contributed by atoms with E-state index in [9.17, 15) is 30.6 Å². The third-order valence-electron chi connectivity index (χ3n) is 7.60. The quantitative estimate of drug-likeness (QED) is 0.343. The highest BCUT2D eigenvalue weighted by molar-refractivity contribution is 5.18. The molecule has 0 aromatic rings. The van der Waals surface area contributed by atoms with Crippen molar-refractivity contribution < 1.29 is 40.1 Å². The summed E-state index contributed by atoms with van der Waals surface area (Å²) in [5.74, 6) is 0.101. The number of fused-ring (bicyclic) bond motifs is 1. The Morgan fingerprint density at radius 3 is 2.41 bits per heavy atom. The van der Waals surface area contributed by atoms with Crippen molar-refractivity contribution in [1.82, 2.24) is 0 Å². The summed E-state index contributed by atoms with van der Waals surface area (Å²) < 4.78 is 11.6. The zero-order chi connectivity index (χ0) is 21.7. The van der Waals surface area contributed by atoms with Crippen molar-refractivity contribution in [3.8, 4) is 0 Å². The summed E-state index contributed by atoms with van der Waals surface area (Å²) >= 11 is 0. The molecule has 6 N–H and O–H groups in total. The van der Waals surface area contributed by atoms with Crippen LogP contribution >= 0.6 is 0 Å². The molecule has 0 bridgehead atoms. The first-order valence-corrected chi connectivity index (χ1v) is 10.4. The topological polar surface area (TPSA) is 140 Å². The second-order valence-electron chi connectivity index (χ2n) is 9.82. The number of hydrogen-bond acceptors (Lipinski definition) is 8. The van der Waals surface area contributed by atoms with Crippen molar-refractivity contribution in [3.63, 3.8) is 0 Å². The van der Waals surface area contributed by atoms with Crippen LogP contribution in [0.3, 0.4) is 0 Å². The van der Waals surface area contributed by atoms with Crippen LogP contribution in [-0.4, -0.2) is 85.8 Å². The van der Waals surface area contributed by atoms with Crippen LogP contribution in [0.1, 0.15) is 46.5 Å². The van der Waals surface area contributed by atoms with Gasteiger partial charge in [0.1, 0.15) is 24.4 Å². The zero-order valence-corrected chi connectivity index (χ0v) is 17.4. The highest BCUT2D eigenvalue weighted by Crippen LogP contribution is 2.55. The second-order valence-corrected chi connectivity index (χ2v) is 9.82. The van der Waals surface area contributed by atoms with Gasteiger partial charge in [-0.05, 0) is 51.4 Å². The van der Waals surface area contributed by atoms with Gasteiger partial charge in [-0.1, -0.05) is 19.1 Å². The number of ether oxygens (including phenoxy) is 2. The van der Waals surface area contributed by atoms with Crippen molar-refractivity contribution >= 4 is 0 Å². The van der Waals surface area contributed by atoms with Crippen LogP contribution in [0, 0.1) is 17.3 Å². The van der Waals surface area contributed by atoms with Crippen LogP contribution in [-0.2, 0) is 9.47 Å². The Balaban J connectivity index is 1.73. The zero-order valence-electron chi connectivity index (χ0n) is 17.4. The maximum atomic E-state index is 10.6. The van der Waals surface area contributed by atoms with E-state index in [-0.39, 0.29) is 11.8 Å². The Bertz CT molecular complexity index is 607. The molecule has 0 radical (unpaired) electrons. The average molecular weight is 417 g/mol. The van der Waals surface area contributed by atoms with Gasteiger partial charge in [0.05, 0.1) is 24.4 Å². The lowest BCUT2D eigenvalue weighted by Crippen LogP contribution is -2.61. The van der Waals surface area contributed by atoms with Crippen LogP contribution in [0.15, 0.2) is 12.2 Å². The molecule has 8 heteroatoms. The molecule has 168 valence electrons. The predicted molar refractivity (Wildman–Crippen MR) is 104 cm³/mol. The maximum Gasteiger partial charge on any atom is 0.187 e. The molecule has 1 saturated heterocycles. The predicted octanol–water partition coefficient (Wildman–Crippen LogP) is -0.314. The molecule has 1 heterocycles. The van der Waals surface area contributed by atoms with E-state index in [0.29, 0.717) is 19.3 Å². The van der Waals surface area contributed by atoms with Gasteiger partial charge in [0.25, 0.3) is 0 Å². The molecule has 2 saturated carbocycles. The molecule has 3 rings (SSSR count). The van der Waals surface area contributed by atoms with Crippen molar-refractivity contribution in [3.05, 3.63) is 12.2 Å². The lowest BCUT2D eigenvalue weighted by atomic mass is 9.53. The standard InChI is InChI=1S/C21H36O8/c1-10-7-13(23)18(27)21(4)6-5-11(8-12(10)21)20(2,3)29-19-17(26)16(25)15(24)14(9-22)28-19/h11-19,22-27H,1,5-9H2,2-4H3/t11-,12-,13-,14-,15-,16+,17-,18+,19+,21-/m1/s1. The van der Waals surface area contributed by atoms with Crippen LogP contribution < -0.4 is 0 Å². The number of aliphatic hydroxyl groups excluding tert-OH is 6. The van der Waals surface area contributed by atoms with E-state index in [0.717, 1.165) is 12.0 Å². The normalized spacial score (nSPS) is 49.0.